The molecule has 2 aromatic rings. The van der Waals surface area contributed by atoms with Crippen molar-refractivity contribution in [3.8, 4) is 5.75 Å². The van der Waals surface area contributed by atoms with Crippen LogP contribution in [0.4, 0.5) is 5.69 Å². The van der Waals surface area contributed by atoms with Crippen molar-refractivity contribution in [2.75, 3.05) is 18.5 Å². The number of amides is 1. The van der Waals surface area contributed by atoms with Crippen LogP contribution in [0, 0.1) is 5.92 Å². The number of benzene rings is 2. The molecule has 0 aliphatic rings. The first kappa shape index (κ1) is 23.9. The van der Waals surface area contributed by atoms with Gasteiger partial charge in [-0.05, 0) is 76.1 Å². The molecule has 5 nitrogen and oxygen atoms in total. The first-order chi connectivity index (χ1) is 14.3. The average Bonchev–Trinajstić information content (AvgIpc) is 2.70. The van der Waals surface area contributed by atoms with Gasteiger partial charge in [-0.15, -0.1) is 0 Å². The Balaban J connectivity index is 1.74. The lowest BCUT2D eigenvalue weighted by Gasteiger charge is -2.11. The smallest absolute Gasteiger partial charge is 0.338 e. The van der Waals surface area contributed by atoms with Gasteiger partial charge in [0.05, 0.1) is 23.2 Å². The molecule has 0 saturated carbocycles. The molecule has 1 N–H and O–H groups in total. The van der Waals surface area contributed by atoms with Crippen molar-refractivity contribution in [2.24, 2.45) is 5.92 Å². The summed E-state index contributed by atoms with van der Waals surface area (Å²) in [6, 6.07) is 12.8. The predicted octanol–water partition coefficient (Wildman–Crippen LogP) is 6.18. The Morgan fingerprint density at radius 1 is 1.03 bits per heavy atom. The molecule has 0 radical (unpaired) electrons. The fourth-order valence-corrected chi connectivity index (χ4v) is 3.16. The Bertz CT molecular complexity index is 847. The number of anilines is 1. The van der Waals surface area contributed by atoms with Gasteiger partial charge in [0.25, 0.3) is 0 Å². The molecule has 6 heteroatoms. The Morgan fingerprint density at radius 2 is 1.73 bits per heavy atom. The summed E-state index contributed by atoms with van der Waals surface area (Å²) >= 11 is 3.54. The van der Waals surface area contributed by atoms with E-state index in [2.05, 4.69) is 47.2 Å². The van der Waals surface area contributed by atoms with Gasteiger partial charge in [-0.3, -0.25) is 4.79 Å². The lowest BCUT2D eigenvalue weighted by molar-refractivity contribution is -0.116. The number of ether oxygens (including phenoxy) is 2. The minimum atomic E-state index is -0.355. The third-order valence-corrected chi connectivity index (χ3v) is 5.00. The summed E-state index contributed by atoms with van der Waals surface area (Å²) in [6.45, 7) is 9.10. The van der Waals surface area contributed by atoms with Gasteiger partial charge in [-0.1, -0.05) is 33.8 Å². The molecule has 0 aromatic heterocycles. The minimum Gasteiger partial charge on any atom is -0.492 e. The van der Waals surface area contributed by atoms with Crippen LogP contribution in [0.1, 0.15) is 62.4 Å². The SMILES string of the molecule is CC(C)COC(=O)c1ccc(NC(=O)CCCOc2ccc(C(C)C)cc2Br)cc1. The Morgan fingerprint density at radius 3 is 2.33 bits per heavy atom. The van der Waals surface area contributed by atoms with E-state index in [1.807, 2.05) is 19.9 Å². The summed E-state index contributed by atoms with van der Waals surface area (Å²) in [5, 5.41) is 2.83. The zero-order chi connectivity index (χ0) is 22.1. The highest BCUT2D eigenvalue weighted by atomic mass is 79.9. The van der Waals surface area contributed by atoms with Crippen LogP contribution in [0.25, 0.3) is 0 Å². The van der Waals surface area contributed by atoms with E-state index < -0.39 is 0 Å². The van der Waals surface area contributed by atoms with Crippen LogP contribution in [-0.4, -0.2) is 25.1 Å². The second-order valence-electron chi connectivity index (χ2n) is 7.91. The van der Waals surface area contributed by atoms with Gasteiger partial charge in [0.1, 0.15) is 5.75 Å². The number of carbonyl (C=O) groups excluding carboxylic acids is 2. The largest absolute Gasteiger partial charge is 0.492 e. The maximum Gasteiger partial charge on any atom is 0.338 e. The second-order valence-corrected chi connectivity index (χ2v) is 8.77. The van der Waals surface area contributed by atoms with E-state index in [0.717, 1.165) is 10.2 Å². The molecule has 0 unspecified atom stereocenters. The fraction of sp³-hybridized carbons (Fsp3) is 0.417. The first-order valence-electron chi connectivity index (χ1n) is 10.3. The molecule has 0 saturated heterocycles. The number of esters is 1. The monoisotopic (exact) mass is 475 g/mol. The average molecular weight is 476 g/mol. The highest BCUT2D eigenvalue weighted by molar-refractivity contribution is 9.10. The summed E-state index contributed by atoms with van der Waals surface area (Å²) < 4.78 is 11.9. The fourth-order valence-electron chi connectivity index (χ4n) is 2.65. The summed E-state index contributed by atoms with van der Waals surface area (Å²) in [5.41, 5.74) is 2.36. The van der Waals surface area contributed by atoms with Crippen molar-refractivity contribution >= 4 is 33.5 Å². The van der Waals surface area contributed by atoms with Gasteiger partial charge in [0, 0.05) is 12.1 Å². The van der Waals surface area contributed by atoms with Crippen LogP contribution in [0.15, 0.2) is 46.9 Å². The summed E-state index contributed by atoms with van der Waals surface area (Å²) in [5.74, 6) is 1.07. The van der Waals surface area contributed by atoms with Crippen molar-refractivity contribution in [1.82, 2.24) is 0 Å². The highest BCUT2D eigenvalue weighted by Gasteiger charge is 2.10. The zero-order valence-corrected chi connectivity index (χ0v) is 19.6. The third kappa shape index (κ3) is 7.82. The molecule has 1 amide bonds. The van der Waals surface area contributed by atoms with E-state index in [-0.39, 0.29) is 17.8 Å². The molecule has 162 valence electrons. The molecule has 0 atom stereocenters. The van der Waals surface area contributed by atoms with Crippen molar-refractivity contribution in [3.63, 3.8) is 0 Å². The van der Waals surface area contributed by atoms with Crippen molar-refractivity contribution < 1.29 is 19.1 Å². The maximum atomic E-state index is 12.1. The van der Waals surface area contributed by atoms with Crippen LogP contribution in [0.5, 0.6) is 5.75 Å². The van der Waals surface area contributed by atoms with Gasteiger partial charge in [-0.2, -0.15) is 0 Å². The van der Waals surface area contributed by atoms with Crippen molar-refractivity contribution in [1.29, 1.82) is 0 Å². The standard InChI is InChI=1S/C24H30BrNO4/c1-16(2)15-30-24(28)18-7-10-20(11-8-18)26-23(27)6-5-13-29-22-12-9-19(17(3)4)14-21(22)25/h7-12,14,16-17H,5-6,13,15H2,1-4H3,(H,26,27). The molecule has 0 heterocycles. The topological polar surface area (TPSA) is 64.6 Å². The van der Waals surface area contributed by atoms with Gasteiger partial charge in [0.2, 0.25) is 5.91 Å². The van der Waals surface area contributed by atoms with Gasteiger partial charge < -0.3 is 14.8 Å². The molecule has 0 aliphatic carbocycles. The van der Waals surface area contributed by atoms with Crippen LogP contribution < -0.4 is 10.1 Å². The molecule has 2 rings (SSSR count). The van der Waals surface area contributed by atoms with Crippen molar-refractivity contribution in [2.45, 2.75) is 46.5 Å². The molecule has 2 aromatic carbocycles. The van der Waals surface area contributed by atoms with Crippen molar-refractivity contribution in [3.05, 3.63) is 58.1 Å². The number of hydrogen-bond acceptors (Lipinski definition) is 4. The van der Waals surface area contributed by atoms with Crippen LogP contribution in [-0.2, 0) is 9.53 Å². The quantitative estimate of drug-likeness (QED) is 0.328. The molecule has 0 spiro atoms. The first-order valence-corrected chi connectivity index (χ1v) is 11.0. The summed E-state index contributed by atoms with van der Waals surface area (Å²) in [7, 11) is 0. The lowest BCUT2D eigenvalue weighted by Crippen LogP contribution is -2.13. The van der Waals surface area contributed by atoms with E-state index in [9.17, 15) is 9.59 Å². The number of halogens is 1. The van der Waals surface area contributed by atoms with Gasteiger partial charge in [0.15, 0.2) is 0 Å². The van der Waals surface area contributed by atoms with E-state index in [1.165, 1.54) is 5.56 Å². The third-order valence-electron chi connectivity index (χ3n) is 4.38. The van der Waals surface area contributed by atoms with E-state index >= 15 is 0 Å². The second kappa shape index (κ2) is 11.7. The Hall–Kier alpha value is -2.34. The molecule has 0 bridgehead atoms. The van der Waals surface area contributed by atoms with Crippen LogP contribution >= 0.6 is 15.9 Å². The van der Waals surface area contributed by atoms with Crippen LogP contribution in [0.3, 0.4) is 0 Å². The molecule has 0 aliphatic heterocycles. The minimum absolute atomic E-state index is 0.0945. The zero-order valence-electron chi connectivity index (χ0n) is 18.0. The summed E-state index contributed by atoms with van der Waals surface area (Å²) in [4.78, 5) is 24.1. The van der Waals surface area contributed by atoms with Gasteiger partial charge in [-0.25, -0.2) is 4.79 Å². The normalized spacial score (nSPS) is 10.9. The van der Waals surface area contributed by atoms with E-state index in [0.29, 0.717) is 43.2 Å². The number of rotatable bonds is 10. The van der Waals surface area contributed by atoms with Gasteiger partial charge >= 0.3 is 5.97 Å². The Labute approximate surface area is 187 Å². The van der Waals surface area contributed by atoms with E-state index in [1.54, 1.807) is 24.3 Å². The highest BCUT2D eigenvalue weighted by Crippen LogP contribution is 2.29. The molecular formula is C24H30BrNO4. The van der Waals surface area contributed by atoms with Crippen LogP contribution in [0.2, 0.25) is 0 Å². The van der Waals surface area contributed by atoms with E-state index in [4.69, 9.17) is 9.47 Å². The maximum absolute atomic E-state index is 12.1. The lowest BCUT2D eigenvalue weighted by atomic mass is 10.0. The predicted molar refractivity (Wildman–Crippen MR) is 123 cm³/mol. The molecular weight excluding hydrogens is 446 g/mol. The molecule has 30 heavy (non-hydrogen) atoms. The Kier molecular flexibility index (Phi) is 9.37. The summed E-state index contributed by atoms with van der Waals surface area (Å²) in [6.07, 6.45) is 0.948. The number of carbonyl (C=O) groups is 2. The number of hydrogen-bond donors (Lipinski definition) is 1. The number of nitrogens with one attached hydrogen (secondary N) is 1. The molecule has 0 fully saturated rings.